The van der Waals surface area contributed by atoms with E-state index in [-0.39, 0.29) is 22.2 Å². The van der Waals surface area contributed by atoms with Crippen LogP contribution in [-0.4, -0.2) is 32.1 Å². The van der Waals surface area contributed by atoms with Gasteiger partial charge < -0.3 is 14.2 Å². The van der Waals surface area contributed by atoms with Crippen molar-refractivity contribution in [3.05, 3.63) is 70.2 Å². The maximum Gasteiger partial charge on any atom is 0.379 e. The standard InChI is InChI=1S/C21H16Cl2O5/c1-26-21(25)20(24)19-17(22)11-16(12-18(19)23)28-9-8-27-15-7-6-13-4-2-3-5-14(13)10-15/h2-7,10-12H,8-9H2,1H3. The van der Waals surface area contributed by atoms with Gasteiger partial charge in [-0.05, 0) is 35.0 Å². The predicted octanol–water partition coefficient (Wildman–Crippen LogP) is 4.96. The molecule has 0 fully saturated rings. The lowest BCUT2D eigenvalue weighted by molar-refractivity contribution is -0.135. The van der Waals surface area contributed by atoms with Crippen LogP contribution in [0.4, 0.5) is 0 Å². The predicted molar refractivity (Wildman–Crippen MR) is 108 cm³/mol. The third-order valence-electron chi connectivity index (χ3n) is 3.96. The number of methoxy groups -OCH3 is 1. The first kappa shape index (κ1) is 20.0. The van der Waals surface area contributed by atoms with E-state index in [1.165, 1.54) is 12.1 Å². The molecular weight excluding hydrogens is 403 g/mol. The van der Waals surface area contributed by atoms with Crippen molar-refractivity contribution in [2.24, 2.45) is 0 Å². The zero-order chi connectivity index (χ0) is 20.1. The highest BCUT2D eigenvalue weighted by Gasteiger charge is 2.23. The quantitative estimate of drug-likeness (QED) is 0.235. The lowest BCUT2D eigenvalue weighted by atomic mass is 10.1. The first-order chi connectivity index (χ1) is 13.5. The minimum atomic E-state index is -1.04. The fourth-order valence-corrected chi connectivity index (χ4v) is 3.26. The highest BCUT2D eigenvalue weighted by atomic mass is 35.5. The van der Waals surface area contributed by atoms with Crippen LogP contribution in [0, 0.1) is 0 Å². The number of ketones is 1. The first-order valence-corrected chi connectivity index (χ1v) is 9.11. The van der Waals surface area contributed by atoms with E-state index in [1.54, 1.807) is 0 Å². The fourth-order valence-electron chi connectivity index (χ4n) is 2.62. The molecule has 3 aromatic rings. The summed E-state index contributed by atoms with van der Waals surface area (Å²) in [5.74, 6) is -0.860. The van der Waals surface area contributed by atoms with Crippen LogP contribution in [-0.2, 0) is 9.53 Å². The highest BCUT2D eigenvalue weighted by molar-refractivity contribution is 6.49. The van der Waals surface area contributed by atoms with E-state index in [9.17, 15) is 9.59 Å². The Morgan fingerprint density at radius 1 is 0.821 bits per heavy atom. The van der Waals surface area contributed by atoms with Gasteiger partial charge in [0.25, 0.3) is 5.78 Å². The molecule has 0 heterocycles. The molecule has 0 amide bonds. The molecular formula is C21H16Cl2O5. The van der Waals surface area contributed by atoms with Gasteiger partial charge in [0.1, 0.15) is 24.7 Å². The summed E-state index contributed by atoms with van der Waals surface area (Å²) in [6, 6.07) is 16.7. The maximum absolute atomic E-state index is 11.9. The molecule has 0 radical (unpaired) electrons. The Morgan fingerprint density at radius 3 is 2.07 bits per heavy atom. The van der Waals surface area contributed by atoms with Crippen molar-refractivity contribution in [1.82, 2.24) is 0 Å². The molecule has 3 rings (SSSR count). The first-order valence-electron chi connectivity index (χ1n) is 8.35. The van der Waals surface area contributed by atoms with Crippen LogP contribution in [0.25, 0.3) is 10.8 Å². The third kappa shape index (κ3) is 4.55. The summed E-state index contributed by atoms with van der Waals surface area (Å²) in [7, 11) is 1.11. The Balaban J connectivity index is 1.60. The van der Waals surface area contributed by atoms with E-state index in [0.717, 1.165) is 23.6 Å². The zero-order valence-electron chi connectivity index (χ0n) is 14.9. The number of rotatable bonds is 7. The minimum Gasteiger partial charge on any atom is -0.490 e. The van der Waals surface area contributed by atoms with Crippen LogP contribution in [0.2, 0.25) is 10.0 Å². The number of Topliss-reactive ketones (excluding diaryl/α,β-unsaturated/α-hetero) is 1. The van der Waals surface area contributed by atoms with Gasteiger partial charge in [0.05, 0.1) is 22.7 Å². The fraction of sp³-hybridized carbons (Fsp3) is 0.143. The highest BCUT2D eigenvalue weighted by Crippen LogP contribution is 2.31. The van der Waals surface area contributed by atoms with E-state index in [4.69, 9.17) is 32.7 Å². The lowest BCUT2D eigenvalue weighted by Crippen LogP contribution is -2.17. The number of halogens is 2. The second-order valence-electron chi connectivity index (χ2n) is 5.79. The molecule has 0 aromatic heterocycles. The number of ether oxygens (including phenoxy) is 3. The Hall–Kier alpha value is -2.76. The Morgan fingerprint density at radius 2 is 1.43 bits per heavy atom. The van der Waals surface area contributed by atoms with Crippen molar-refractivity contribution >= 4 is 45.7 Å². The van der Waals surface area contributed by atoms with Crippen molar-refractivity contribution in [2.45, 2.75) is 0 Å². The Kier molecular flexibility index (Phi) is 6.39. The molecule has 0 atom stereocenters. The van der Waals surface area contributed by atoms with Crippen molar-refractivity contribution < 1.29 is 23.8 Å². The average Bonchev–Trinajstić information content (AvgIpc) is 2.69. The molecule has 0 bridgehead atoms. The summed E-state index contributed by atoms with van der Waals surface area (Å²) in [6.07, 6.45) is 0. The number of hydrogen-bond acceptors (Lipinski definition) is 5. The smallest absolute Gasteiger partial charge is 0.379 e. The molecule has 0 unspecified atom stereocenters. The summed E-state index contributed by atoms with van der Waals surface area (Å²) >= 11 is 12.1. The third-order valence-corrected chi connectivity index (χ3v) is 4.55. The van der Waals surface area contributed by atoms with Gasteiger partial charge in [-0.3, -0.25) is 4.79 Å². The van der Waals surface area contributed by atoms with Gasteiger partial charge in [0, 0.05) is 0 Å². The summed E-state index contributed by atoms with van der Waals surface area (Å²) in [5.41, 5.74) is -0.116. The van der Waals surface area contributed by atoms with Gasteiger partial charge in [-0.2, -0.15) is 0 Å². The van der Waals surface area contributed by atoms with Crippen molar-refractivity contribution in [2.75, 3.05) is 20.3 Å². The normalized spacial score (nSPS) is 10.5. The SMILES string of the molecule is COC(=O)C(=O)c1c(Cl)cc(OCCOc2ccc3ccccc3c2)cc1Cl. The number of carbonyl (C=O) groups excluding carboxylic acids is 2. The monoisotopic (exact) mass is 418 g/mol. The average molecular weight is 419 g/mol. The Bertz CT molecular complexity index is 1010. The maximum atomic E-state index is 11.9. The van der Waals surface area contributed by atoms with Crippen LogP contribution < -0.4 is 9.47 Å². The Labute approximate surface area is 171 Å². The van der Waals surface area contributed by atoms with Crippen molar-refractivity contribution in [3.8, 4) is 11.5 Å². The van der Waals surface area contributed by atoms with Crippen LogP contribution in [0.3, 0.4) is 0 Å². The van der Waals surface area contributed by atoms with E-state index >= 15 is 0 Å². The summed E-state index contributed by atoms with van der Waals surface area (Å²) in [4.78, 5) is 23.3. The molecule has 3 aromatic carbocycles. The molecule has 144 valence electrons. The molecule has 7 heteroatoms. The molecule has 0 saturated carbocycles. The van der Waals surface area contributed by atoms with Gasteiger partial charge in [0.2, 0.25) is 0 Å². The number of hydrogen-bond donors (Lipinski definition) is 0. The van der Waals surface area contributed by atoms with Crippen LogP contribution in [0.1, 0.15) is 10.4 Å². The molecule has 0 saturated heterocycles. The molecule has 5 nitrogen and oxygen atoms in total. The molecule has 0 aliphatic rings. The minimum absolute atomic E-state index is 0.00773. The number of carbonyl (C=O) groups is 2. The van der Waals surface area contributed by atoms with Crippen LogP contribution >= 0.6 is 23.2 Å². The van der Waals surface area contributed by atoms with Gasteiger partial charge in [-0.15, -0.1) is 0 Å². The van der Waals surface area contributed by atoms with E-state index in [1.807, 2.05) is 42.5 Å². The van der Waals surface area contributed by atoms with E-state index < -0.39 is 11.8 Å². The molecule has 0 aliphatic carbocycles. The van der Waals surface area contributed by atoms with Crippen LogP contribution in [0.15, 0.2) is 54.6 Å². The number of benzene rings is 3. The number of fused-ring (bicyclic) bond motifs is 1. The second-order valence-corrected chi connectivity index (χ2v) is 6.60. The van der Waals surface area contributed by atoms with E-state index in [0.29, 0.717) is 12.4 Å². The number of esters is 1. The van der Waals surface area contributed by atoms with E-state index in [2.05, 4.69) is 4.74 Å². The van der Waals surface area contributed by atoms with Gasteiger partial charge >= 0.3 is 5.97 Å². The summed E-state index contributed by atoms with van der Waals surface area (Å²) in [5, 5.41) is 2.24. The molecule has 0 spiro atoms. The molecule has 0 N–H and O–H groups in total. The summed E-state index contributed by atoms with van der Waals surface area (Å²) in [6.45, 7) is 0.542. The lowest BCUT2D eigenvalue weighted by Gasteiger charge is -2.11. The van der Waals surface area contributed by atoms with Crippen LogP contribution in [0.5, 0.6) is 11.5 Å². The summed E-state index contributed by atoms with van der Waals surface area (Å²) < 4.78 is 15.7. The largest absolute Gasteiger partial charge is 0.490 e. The van der Waals surface area contributed by atoms with Gasteiger partial charge in [-0.1, -0.05) is 53.5 Å². The van der Waals surface area contributed by atoms with Crippen molar-refractivity contribution in [1.29, 1.82) is 0 Å². The molecule has 0 aliphatic heterocycles. The topological polar surface area (TPSA) is 61.8 Å². The van der Waals surface area contributed by atoms with Gasteiger partial charge in [-0.25, -0.2) is 4.79 Å². The second kappa shape index (κ2) is 8.95. The molecule has 28 heavy (non-hydrogen) atoms. The zero-order valence-corrected chi connectivity index (χ0v) is 16.4. The van der Waals surface area contributed by atoms with Crippen molar-refractivity contribution in [3.63, 3.8) is 0 Å². The van der Waals surface area contributed by atoms with Gasteiger partial charge in [0.15, 0.2) is 0 Å².